The van der Waals surface area contributed by atoms with Gasteiger partial charge in [-0.3, -0.25) is 0 Å². The van der Waals surface area contributed by atoms with Gasteiger partial charge >= 0.3 is 0 Å². The largest absolute Gasteiger partial charge is 0.300 e. The van der Waals surface area contributed by atoms with Gasteiger partial charge in [0.1, 0.15) is 13.5 Å². The van der Waals surface area contributed by atoms with Gasteiger partial charge in [-0.05, 0) is 0 Å². The Hall–Kier alpha value is -0.893. The summed E-state index contributed by atoms with van der Waals surface area (Å²) in [5, 5.41) is 0.418. The number of carbonyl (C=O) groups excluding carboxylic acids is 1. The van der Waals surface area contributed by atoms with Crippen LogP contribution >= 0.6 is 0 Å². The molecule has 0 fully saturated rings. The normalized spacial score (nSPS) is 11.5. The summed E-state index contributed by atoms with van der Waals surface area (Å²) < 4.78 is 0. The molecule has 0 radical (unpaired) electrons. The van der Waals surface area contributed by atoms with Crippen molar-refractivity contribution >= 4 is 13.5 Å². The molecule has 0 aliphatic carbocycles. The van der Waals surface area contributed by atoms with E-state index in [-0.39, 0.29) is 0 Å². The highest BCUT2D eigenvalue weighted by atomic mass is 28.3. The first-order chi connectivity index (χ1) is 9.08. The lowest BCUT2D eigenvalue weighted by molar-refractivity contribution is 0.106. The van der Waals surface area contributed by atoms with Gasteiger partial charge in [0.15, 0.2) is 0 Å². The third kappa shape index (κ3) is 5.73. The van der Waals surface area contributed by atoms with Crippen LogP contribution in [0.4, 0.5) is 0 Å². The van der Waals surface area contributed by atoms with Gasteiger partial charge < -0.3 is 4.79 Å². The molecule has 0 aliphatic rings. The topological polar surface area (TPSA) is 17.1 Å². The second-order valence-corrected chi connectivity index (χ2v) is 10.8. The van der Waals surface area contributed by atoms with Crippen LogP contribution in [0.1, 0.15) is 55.8 Å². The van der Waals surface area contributed by atoms with E-state index >= 15 is 0 Å². The Bertz CT molecular complexity index is 370. The summed E-state index contributed by atoms with van der Waals surface area (Å²) in [5.41, 5.74) is 0.908. The van der Waals surface area contributed by atoms with E-state index in [9.17, 15) is 4.79 Å². The van der Waals surface area contributed by atoms with Crippen molar-refractivity contribution in [3.63, 3.8) is 0 Å². The van der Waals surface area contributed by atoms with Crippen molar-refractivity contribution in [2.24, 2.45) is 0 Å². The summed E-state index contributed by atoms with van der Waals surface area (Å²) in [6.45, 7) is 6.68. The summed E-state index contributed by atoms with van der Waals surface area (Å²) in [4.78, 5) is 12.5. The number of unbranched alkanes of at least 4 members (excludes halogenated alkanes) is 5. The van der Waals surface area contributed by atoms with Gasteiger partial charge in [0.2, 0.25) is 0 Å². The maximum absolute atomic E-state index is 12.5. The van der Waals surface area contributed by atoms with Crippen molar-refractivity contribution in [1.82, 2.24) is 0 Å². The molecule has 0 atom stereocenters. The van der Waals surface area contributed by atoms with E-state index in [1.54, 1.807) is 0 Å². The van der Waals surface area contributed by atoms with Crippen LogP contribution in [0.2, 0.25) is 19.1 Å². The molecule has 1 nitrogen and oxygen atoms in total. The zero-order valence-corrected chi connectivity index (χ0v) is 13.7. The number of rotatable bonds is 9. The lowest BCUT2D eigenvalue weighted by atomic mass is 10.1. The highest BCUT2D eigenvalue weighted by Gasteiger charge is 2.30. The molecule has 0 aromatic heterocycles. The molecule has 1 aromatic rings. The molecular weight excluding hydrogens is 248 g/mol. The summed E-state index contributed by atoms with van der Waals surface area (Å²) in [6.07, 6.45) is 7.85. The molecule has 0 spiro atoms. The predicted octanol–water partition coefficient (Wildman–Crippen LogP) is 5.48. The molecule has 106 valence electrons. The molecular formula is C17H28OSi. The first-order valence-electron chi connectivity index (χ1n) is 7.68. The van der Waals surface area contributed by atoms with Gasteiger partial charge in [0.25, 0.3) is 0 Å². The molecule has 0 saturated heterocycles. The number of hydrogen-bond donors (Lipinski definition) is 0. The minimum Gasteiger partial charge on any atom is -0.300 e. The van der Waals surface area contributed by atoms with Gasteiger partial charge in [-0.25, -0.2) is 0 Å². The fraction of sp³-hybridized carbons (Fsp3) is 0.588. The van der Waals surface area contributed by atoms with E-state index in [0.29, 0.717) is 5.41 Å². The van der Waals surface area contributed by atoms with Crippen LogP contribution in [0.25, 0.3) is 0 Å². The maximum Gasteiger partial charge on any atom is 0.140 e. The van der Waals surface area contributed by atoms with E-state index < -0.39 is 8.07 Å². The van der Waals surface area contributed by atoms with Crippen molar-refractivity contribution in [2.75, 3.05) is 0 Å². The fourth-order valence-electron chi connectivity index (χ4n) is 2.44. The van der Waals surface area contributed by atoms with E-state index in [0.717, 1.165) is 11.6 Å². The molecule has 0 unspecified atom stereocenters. The summed E-state index contributed by atoms with van der Waals surface area (Å²) >= 11 is 0. The Morgan fingerprint density at radius 2 is 1.53 bits per heavy atom. The third-order valence-corrected chi connectivity index (χ3v) is 6.93. The average Bonchev–Trinajstić information content (AvgIpc) is 2.43. The van der Waals surface area contributed by atoms with Crippen molar-refractivity contribution in [3.8, 4) is 0 Å². The molecule has 0 bridgehead atoms. The number of carbonyl (C=O) groups is 1. The molecule has 0 aliphatic heterocycles. The molecule has 1 rings (SSSR count). The quantitative estimate of drug-likeness (QED) is 0.431. The van der Waals surface area contributed by atoms with Gasteiger partial charge in [-0.15, -0.1) is 0 Å². The molecule has 2 heteroatoms. The molecule has 0 saturated carbocycles. The summed E-state index contributed by atoms with van der Waals surface area (Å²) in [6, 6.07) is 10.9. The molecule has 0 N–H and O–H groups in total. The minimum atomic E-state index is -1.75. The number of hydrogen-bond acceptors (Lipinski definition) is 1. The van der Waals surface area contributed by atoms with Crippen LogP contribution in [0.15, 0.2) is 30.3 Å². The monoisotopic (exact) mass is 276 g/mol. The van der Waals surface area contributed by atoms with E-state index in [4.69, 9.17) is 0 Å². The third-order valence-electron chi connectivity index (χ3n) is 3.81. The van der Waals surface area contributed by atoms with Crippen LogP contribution < -0.4 is 0 Å². The first kappa shape index (κ1) is 16.2. The van der Waals surface area contributed by atoms with Crippen LogP contribution in [-0.4, -0.2) is 13.5 Å². The SMILES string of the molecule is CCCCCCCC[Si](C)(C)C(=O)c1ccccc1. The predicted molar refractivity (Wildman–Crippen MR) is 86.4 cm³/mol. The molecule has 1 aromatic carbocycles. The Balaban J connectivity index is 2.37. The minimum absolute atomic E-state index is 0.418. The highest BCUT2D eigenvalue weighted by Crippen LogP contribution is 2.20. The van der Waals surface area contributed by atoms with Gasteiger partial charge in [0.05, 0.1) is 0 Å². The summed E-state index contributed by atoms with van der Waals surface area (Å²) in [5.74, 6) is 0. The standard InChI is InChI=1S/C17H28OSi/c1-4-5-6-7-8-12-15-19(2,3)17(18)16-13-10-9-11-14-16/h9-11,13-14H,4-8,12,15H2,1-3H3. The Morgan fingerprint density at radius 1 is 0.947 bits per heavy atom. The fourth-order valence-corrected chi connectivity index (χ4v) is 4.75. The molecule has 0 amide bonds. The Labute approximate surface area is 119 Å². The summed E-state index contributed by atoms with van der Waals surface area (Å²) in [7, 11) is -1.75. The van der Waals surface area contributed by atoms with Gasteiger partial charge in [-0.2, -0.15) is 0 Å². The van der Waals surface area contributed by atoms with Gasteiger partial charge in [-0.1, -0.05) is 94.9 Å². The lowest BCUT2D eigenvalue weighted by Crippen LogP contribution is -2.37. The second kappa shape index (κ2) is 8.31. The Morgan fingerprint density at radius 3 is 2.16 bits per heavy atom. The van der Waals surface area contributed by atoms with Gasteiger partial charge in [0, 0.05) is 5.56 Å². The zero-order valence-electron chi connectivity index (χ0n) is 12.7. The van der Waals surface area contributed by atoms with E-state index in [1.165, 1.54) is 38.5 Å². The van der Waals surface area contributed by atoms with Crippen LogP contribution in [0.3, 0.4) is 0 Å². The molecule has 19 heavy (non-hydrogen) atoms. The lowest BCUT2D eigenvalue weighted by Gasteiger charge is -2.20. The Kier molecular flexibility index (Phi) is 7.07. The van der Waals surface area contributed by atoms with Crippen molar-refractivity contribution < 1.29 is 4.79 Å². The first-order valence-corrected chi connectivity index (χ1v) is 10.9. The maximum atomic E-state index is 12.5. The van der Waals surface area contributed by atoms with Crippen molar-refractivity contribution in [2.45, 2.75) is 64.6 Å². The smallest absolute Gasteiger partial charge is 0.140 e. The van der Waals surface area contributed by atoms with Crippen molar-refractivity contribution in [1.29, 1.82) is 0 Å². The second-order valence-electron chi connectivity index (χ2n) is 6.10. The number of benzene rings is 1. The zero-order chi connectivity index (χ0) is 14.1. The molecule has 0 heterocycles. The van der Waals surface area contributed by atoms with Crippen molar-refractivity contribution in [3.05, 3.63) is 35.9 Å². The van der Waals surface area contributed by atoms with E-state index in [2.05, 4.69) is 20.0 Å². The van der Waals surface area contributed by atoms with E-state index in [1.807, 2.05) is 30.3 Å². The highest BCUT2D eigenvalue weighted by molar-refractivity contribution is 7.06. The van der Waals surface area contributed by atoms with Crippen LogP contribution in [-0.2, 0) is 0 Å². The average molecular weight is 276 g/mol. The van der Waals surface area contributed by atoms with Crippen LogP contribution in [0.5, 0.6) is 0 Å². The van der Waals surface area contributed by atoms with Crippen LogP contribution in [0, 0.1) is 0 Å².